The zero-order valence-electron chi connectivity index (χ0n) is 3.98. The second kappa shape index (κ2) is 1.62. The summed E-state index contributed by atoms with van der Waals surface area (Å²) >= 11 is 5.58. The van der Waals surface area contributed by atoms with Crippen molar-refractivity contribution in [2.24, 2.45) is 0 Å². The van der Waals surface area contributed by atoms with Gasteiger partial charge >= 0.3 is 0 Å². The molecule has 0 aromatic rings. The molecular formula is C4H6ClN2. The van der Waals surface area contributed by atoms with Gasteiger partial charge < -0.3 is 10.2 Å². The Morgan fingerprint density at radius 1 is 2.00 bits per heavy atom. The largest absolute Gasteiger partial charge is 0.350 e. The summed E-state index contributed by atoms with van der Waals surface area (Å²) in [6.07, 6.45) is 4.50. The number of nitrogens with one attached hydrogen (secondary N) is 1. The smallest absolute Gasteiger partial charge is 0.177 e. The van der Waals surface area contributed by atoms with Gasteiger partial charge in [0.25, 0.3) is 0 Å². The van der Waals surface area contributed by atoms with Crippen molar-refractivity contribution >= 4 is 11.6 Å². The molecule has 0 bridgehead atoms. The number of hydrogen-bond donors (Lipinski definition) is 1. The lowest BCUT2D eigenvalue weighted by Crippen LogP contribution is -2.25. The number of alkyl halides is 1. The Morgan fingerprint density at radius 3 is 2.86 bits per heavy atom. The fourth-order valence-electron chi connectivity index (χ4n) is 0.375. The molecule has 1 atom stereocenters. The van der Waals surface area contributed by atoms with Crippen LogP contribution in [0.5, 0.6) is 0 Å². The zero-order chi connectivity index (χ0) is 5.28. The Kier molecular flexibility index (Phi) is 1.11. The highest BCUT2D eigenvalue weighted by Gasteiger charge is 2.08. The monoisotopic (exact) mass is 117 g/mol. The molecule has 1 radical (unpaired) electrons. The van der Waals surface area contributed by atoms with Crippen LogP contribution in [0.15, 0.2) is 6.20 Å². The molecule has 3 heteroatoms. The number of nitrogens with zero attached hydrogens (tertiary/aromatic N) is 1. The third kappa shape index (κ3) is 0.800. The molecule has 1 unspecified atom stereocenters. The molecule has 0 aromatic heterocycles. The maximum Gasteiger partial charge on any atom is 0.177 e. The summed E-state index contributed by atoms with van der Waals surface area (Å²) in [5.74, 6) is 0. The molecule has 0 aromatic carbocycles. The van der Waals surface area contributed by atoms with Gasteiger partial charge in [-0.05, 0) is 0 Å². The van der Waals surface area contributed by atoms with E-state index in [1.54, 1.807) is 6.20 Å². The molecule has 0 fully saturated rings. The molecule has 0 spiro atoms. The van der Waals surface area contributed by atoms with Crippen LogP contribution >= 0.6 is 11.6 Å². The van der Waals surface area contributed by atoms with E-state index in [2.05, 4.69) is 11.5 Å². The highest BCUT2D eigenvalue weighted by Crippen LogP contribution is 2.02. The topological polar surface area (TPSA) is 15.3 Å². The predicted octanol–water partition coefficient (Wildman–Crippen LogP) is 0.318. The summed E-state index contributed by atoms with van der Waals surface area (Å²) in [6.45, 7) is 0. The molecule has 2 nitrogen and oxygen atoms in total. The number of halogens is 1. The molecule has 1 N–H and O–H groups in total. The Morgan fingerprint density at radius 2 is 2.71 bits per heavy atom. The van der Waals surface area contributed by atoms with E-state index >= 15 is 0 Å². The van der Waals surface area contributed by atoms with Gasteiger partial charge in [-0.1, -0.05) is 11.6 Å². The molecular weight excluding hydrogens is 112 g/mol. The van der Waals surface area contributed by atoms with Crippen molar-refractivity contribution in [3.8, 4) is 0 Å². The number of hydrogen-bond acceptors (Lipinski definition) is 2. The normalized spacial score (nSPS) is 28.3. The Balaban J connectivity index is 2.45. The molecule has 0 amide bonds. The highest BCUT2D eigenvalue weighted by atomic mass is 35.5. The fraction of sp³-hybridized carbons (Fsp3) is 0.500. The summed E-state index contributed by atoms with van der Waals surface area (Å²) in [5, 5.41) is 2.76. The molecule has 7 heavy (non-hydrogen) atoms. The maximum atomic E-state index is 5.58. The minimum Gasteiger partial charge on any atom is -0.350 e. The van der Waals surface area contributed by atoms with Crippen LogP contribution in [-0.2, 0) is 0 Å². The van der Waals surface area contributed by atoms with E-state index in [-0.39, 0.29) is 5.62 Å². The van der Waals surface area contributed by atoms with Crippen molar-refractivity contribution in [1.82, 2.24) is 10.2 Å². The van der Waals surface area contributed by atoms with Crippen molar-refractivity contribution < 1.29 is 0 Å². The van der Waals surface area contributed by atoms with Crippen LogP contribution in [-0.4, -0.2) is 17.6 Å². The van der Waals surface area contributed by atoms with E-state index in [9.17, 15) is 0 Å². The lowest BCUT2D eigenvalue weighted by atomic mass is 10.9. The third-order valence-corrected chi connectivity index (χ3v) is 1.25. The average molecular weight is 118 g/mol. The van der Waals surface area contributed by atoms with Crippen LogP contribution < -0.4 is 5.32 Å². The standard InChI is InChI=1S/C4H6ClN2/c1-7-3-2-6-4(7)5/h3-4,6H,1H3. The second-order valence-corrected chi connectivity index (χ2v) is 1.83. The van der Waals surface area contributed by atoms with E-state index in [0.29, 0.717) is 0 Å². The van der Waals surface area contributed by atoms with Gasteiger partial charge in [0.15, 0.2) is 5.62 Å². The lowest BCUT2D eigenvalue weighted by Gasteiger charge is -2.11. The van der Waals surface area contributed by atoms with Gasteiger partial charge in [-0.2, -0.15) is 0 Å². The third-order valence-electron chi connectivity index (χ3n) is 0.828. The summed E-state index contributed by atoms with van der Waals surface area (Å²) in [7, 11) is 1.88. The summed E-state index contributed by atoms with van der Waals surface area (Å²) in [6, 6.07) is 0. The molecule has 39 valence electrons. The second-order valence-electron chi connectivity index (χ2n) is 1.42. The molecule has 1 heterocycles. The van der Waals surface area contributed by atoms with Crippen LogP contribution in [0.4, 0.5) is 0 Å². The summed E-state index contributed by atoms with van der Waals surface area (Å²) in [4.78, 5) is 1.82. The van der Waals surface area contributed by atoms with Gasteiger partial charge in [0.2, 0.25) is 0 Å². The van der Waals surface area contributed by atoms with Crippen LogP contribution in [0.3, 0.4) is 0 Å². The highest BCUT2D eigenvalue weighted by molar-refractivity contribution is 6.20. The molecule has 0 aliphatic carbocycles. The first-order chi connectivity index (χ1) is 3.30. The average Bonchev–Trinajstić information content (AvgIpc) is 1.91. The first-order valence-corrected chi connectivity index (χ1v) is 2.45. The molecule has 1 aliphatic rings. The number of rotatable bonds is 0. The predicted molar refractivity (Wildman–Crippen MR) is 28.4 cm³/mol. The lowest BCUT2D eigenvalue weighted by molar-refractivity contribution is 0.428. The first-order valence-electron chi connectivity index (χ1n) is 2.01. The van der Waals surface area contributed by atoms with E-state index in [0.717, 1.165) is 0 Å². The van der Waals surface area contributed by atoms with Gasteiger partial charge in [0.1, 0.15) is 0 Å². The van der Waals surface area contributed by atoms with Crippen molar-refractivity contribution in [2.75, 3.05) is 7.05 Å². The van der Waals surface area contributed by atoms with Crippen molar-refractivity contribution in [2.45, 2.75) is 5.62 Å². The van der Waals surface area contributed by atoms with Gasteiger partial charge in [0, 0.05) is 13.2 Å². The van der Waals surface area contributed by atoms with Crippen molar-refractivity contribution in [1.29, 1.82) is 0 Å². The Labute approximate surface area is 47.8 Å². The van der Waals surface area contributed by atoms with Gasteiger partial charge in [-0.3, -0.25) is 0 Å². The minimum absolute atomic E-state index is 0.0972. The van der Waals surface area contributed by atoms with E-state index in [1.807, 2.05) is 11.9 Å². The van der Waals surface area contributed by atoms with Gasteiger partial charge in [-0.25, -0.2) is 0 Å². The van der Waals surface area contributed by atoms with Gasteiger partial charge in [-0.15, -0.1) is 0 Å². The molecule has 1 rings (SSSR count). The fourth-order valence-corrected chi connectivity index (χ4v) is 0.494. The van der Waals surface area contributed by atoms with Crippen molar-refractivity contribution in [3.05, 3.63) is 12.4 Å². The van der Waals surface area contributed by atoms with E-state index in [4.69, 9.17) is 11.6 Å². The molecule has 1 aliphatic heterocycles. The first kappa shape index (κ1) is 4.78. The SMILES string of the molecule is CN1C=[C]NC1Cl. The van der Waals surface area contributed by atoms with Gasteiger partial charge in [0.05, 0.1) is 6.20 Å². The molecule has 0 saturated carbocycles. The Hall–Kier alpha value is -0.370. The van der Waals surface area contributed by atoms with E-state index in [1.165, 1.54) is 0 Å². The van der Waals surface area contributed by atoms with Crippen LogP contribution in [0.25, 0.3) is 0 Å². The van der Waals surface area contributed by atoms with Crippen LogP contribution in [0.1, 0.15) is 0 Å². The quantitative estimate of drug-likeness (QED) is 0.363. The van der Waals surface area contributed by atoms with E-state index < -0.39 is 0 Å². The zero-order valence-corrected chi connectivity index (χ0v) is 4.74. The summed E-state index contributed by atoms with van der Waals surface area (Å²) < 4.78 is 0. The van der Waals surface area contributed by atoms with Crippen LogP contribution in [0.2, 0.25) is 0 Å². The molecule has 0 saturated heterocycles. The minimum atomic E-state index is -0.0972. The summed E-state index contributed by atoms with van der Waals surface area (Å²) in [5.41, 5.74) is -0.0972. The van der Waals surface area contributed by atoms with Crippen LogP contribution in [0, 0.1) is 6.20 Å². The maximum absolute atomic E-state index is 5.58. The van der Waals surface area contributed by atoms with Crippen molar-refractivity contribution in [3.63, 3.8) is 0 Å². The Bertz CT molecular complexity index is 91.7.